The third-order valence-electron chi connectivity index (χ3n) is 4.52. The summed E-state index contributed by atoms with van der Waals surface area (Å²) < 4.78 is 10.7. The summed E-state index contributed by atoms with van der Waals surface area (Å²) in [6.07, 6.45) is 2.01. The van der Waals surface area contributed by atoms with E-state index in [0.717, 1.165) is 25.9 Å². The maximum Gasteiger partial charge on any atom is 0.338 e. The van der Waals surface area contributed by atoms with E-state index in [0.29, 0.717) is 16.8 Å². The van der Waals surface area contributed by atoms with Gasteiger partial charge in [0.05, 0.1) is 10.5 Å². The predicted octanol–water partition coefficient (Wildman–Crippen LogP) is 3.69. The Labute approximate surface area is 154 Å². The molecule has 0 saturated carbocycles. The third-order valence-corrected chi connectivity index (χ3v) is 4.52. The molecule has 1 aromatic heterocycles. The molecule has 2 heterocycles. The smallest absolute Gasteiger partial charge is 0.338 e. The molecular formula is C19H17N3O5. The molecule has 0 bridgehead atoms. The van der Waals surface area contributed by atoms with Crippen LogP contribution in [0.4, 0.5) is 11.4 Å². The van der Waals surface area contributed by atoms with Gasteiger partial charge in [-0.1, -0.05) is 12.1 Å². The van der Waals surface area contributed by atoms with Crippen molar-refractivity contribution in [1.29, 1.82) is 0 Å². The van der Waals surface area contributed by atoms with Crippen LogP contribution in [0.2, 0.25) is 0 Å². The van der Waals surface area contributed by atoms with E-state index in [-0.39, 0.29) is 23.7 Å². The highest BCUT2D eigenvalue weighted by Gasteiger charge is 2.24. The molecule has 1 aliphatic heterocycles. The summed E-state index contributed by atoms with van der Waals surface area (Å²) in [5, 5.41) is 11.4. The number of carbonyl (C=O) groups excluding carboxylic acids is 1. The van der Waals surface area contributed by atoms with Crippen molar-refractivity contribution in [1.82, 2.24) is 4.98 Å². The molecule has 8 heteroatoms. The Balaban J connectivity index is 1.50. The van der Waals surface area contributed by atoms with E-state index in [9.17, 15) is 14.9 Å². The van der Waals surface area contributed by atoms with Crippen molar-refractivity contribution in [3.63, 3.8) is 0 Å². The summed E-state index contributed by atoms with van der Waals surface area (Å²) >= 11 is 0. The van der Waals surface area contributed by atoms with E-state index in [1.807, 2.05) is 17.0 Å². The zero-order valence-electron chi connectivity index (χ0n) is 14.5. The zero-order valence-corrected chi connectivity index (χ0v) is 14.5. The monoisotopic (exact) mass is 367 g/mol. The number of nitrogens with zero attached hydrogens (tertiary/aromatic N) is 3. The Kier molecular flexibility index (Phi) is 4.45. The van der Waals surface area contributed by atoms with Crippen molar-refractivity contribution in [3.8, 4) is 0 Å². The van der Waals surface area contributed by atoms with E-state index in [1.165, 1.54) is 6.07 Å². The Morgan fingerprint density at radius 2 is 2.00 bits per heavy atom. The molecule has 0 amide bonds. The number of fused-ring (bicyclic) bond motifs is 1. The molecule has 0 atom stereocenters. The quantitative estimate of drug-likeness (QED) is 0.385. The maximum atomic E-state index is 12.3. The predicted molar refractivity (Wildman–Crippen MR) is 97.7 cm³/mol. The Morgan fingerprint density at radius 1 is 1.22 bits per heavy atom. The van der Waals surface area contributed by atoms with E-state index in [4.69, 9.17) is 9.15 Å². The number of rotatable bonds is 5. The van der Waals surface area contributed by atoms with Gasteiger partial charge in [0.15, 0.2) is 12.2 Å². The lowest BCUT2D eigenvalue weighted by molar-refractivity contribution is -0.384. The van der Waals surface area contributed by atoms with Crippen molar-refractivity contribution in [2.24, 2.45) is 0 Å². The molecule has 3 aromatic rings. The third kappa shape index (κ3) is 3.46. The summed E-state index contributed by atoms with van der Waals surface area (Å²) in [6.45, 7) is 1.42. The molecule has 1 fully saturated rings. The Hall–Kier alpha value is -3.42. The summed E-state index contributed by atoms with van der Waals surface area (Å²) in [7, 11) is 0. The molecule has 0 N–H and O–H groups in total. The molecule has 2 aromatic carbocycles. The van der Waals surface area contributed by atoms with Crippen LogP contribution in [0.15, 0.2) is 46.9 Å². The number of nitro groups is 1. The second-order valence-electron chi connectivity index (χ2n) is 6.31. The number of para-hydroxylation sites is 2. The van der Waals surface area contributed by atoms with Crippen LogP contribution in [0.3, 0.4) is 0 Å². The summed E-state index contributed by atoms with van der Waals surface area (Å²) in [6, 6.07) is 11.7. The first-order valence-electron chi connectivity index (χ1n) is 8.67. The van der Waals surface area contributed by atoms with Crippen molar-refractivity contribution >= 4 is 28.4 Å². The molecule has 0 aliphatic carbocycles. The average Bonchev–Trinajstić information content (AvgIpc) is 3.34. The van der Waals surface area contributed by atoms with Gasteiger partial charge >= 0.3 is 5.97 Å². The lowest BCUT2D eigenvalue weighted by Gasteiger charge is -2.17. The van der Waals surface area contributed by atoms with Gasteiger partial charge in [-0.05, 0) is 37.1 Å². The molecule has 138 valence electrons. The Morgan fingerprint density at radius 3 is 2.74 bits per heavy atom. The van der Waals surface area contributed by atoms with E-state index in [1.54, 1.807) is 24.3 Å². The molecule has 0 unspecified atom stereocenters. The standard InChI is InChI=1S/C19H17N3O5/c23-19(26-12-18-20-14-5-1-2-6-17(14)27-18)13-7-8-15(16(11-13)22(24)25)21-9-3-4-10-21/h1-2,5-8,11H,3-4,9-10,12H2. The van der Waals surface area contributed by atoms with Gasteiger partial charge < -0.3 is 14.1 Å². The lowest BCUT2D eigenvalue weighted by atomic mass is 10.1. The van der Waals surface area contributed by atoms with Crippen LogP contribution >= 0.6 is 0 Å². The average molecular weight is 367 g/mol. The second kappa shape index (κ2) is 7.06. The maximum absolute atomic E-state index is 12.3. The van der Waals surface area contributed by atoms with Gasteiger partial charge in [-0.15, -0.1) is 0 Å². The molecule has 1 saturated heterocycles. The number of ether oxygens (including phenoxy) is 1. The number of hydrogen-bond donors (Lipinski definition) is 0. The number of hydrogen-bond acceptors (Lipinski definition) is 7. The minimum atomic E-state index is -0.659. The fourth-order valence-corrected chi connectivity index (χ4v) is 3.21. The van der Waals surface area contributed by atoms with Gasteiger partial charge in [-0.3, -0.25) is 10.1 Å². The van der Waals surface area contributed by atoms with Gasteiger partial charge in [0.1, 0.15) is 11.2 Å². The van der Waals surface area contributed by atoms with Gasteiger partial charge in [0.2, 0.25) is 5.89 Å². The number of esters is 1. The number of benzene rings is 2. The van der Waals surface area contributed by atoms with Crippen molar-refractivity contribution in [2.75, 3.05) is 18.0 Å². The highest BCUT2D eigenvalue weighted by Crippen LogP contribution is 2.32. The lowest BCUT2D eigenvalue weighted by Crippen LogP contribution is -2.19. The second-order valence-corrected chi connectivity index (χ2v) is 6.31. The van der Waals surface area contributed by atoms with Gasteiger partial charge in [-0.25, -0.2) is 9.78 Å². The van der Waals surface area contributed by atoms with E-state index >= 15 is 0 Å². The SMILES string of the molecule is O=C(OCc1nc2ccccc2o1)c1ccc(N2CCCC2)c([N+](=O)[O-])c1. The largest absolute Gasteiger partial charge is 0.452 e. The van der Waals surface area contributed by atoms with Gasteiger partial charge in [0.25, 0.3) is 5.69 Å². The highest BCUT2D eigenvalue weighted by atomic mass is 16.6. The molecule has 27 heavy (non-hydrogen) atoms. The first-order valence-corrected chi connectivity index (χ1v) is 8.67. The summed E-state index contributed by atoms with van der Waals surface area (Å²) in [4.78, 5) is 29.5. The molecule has 1 aliphatic rings. The van der Waals surface area contributed by atoms with Gasteiger partial charge in [0, 0.05) is 19.2 Å². The normalized spacial score (nSPS) is 13.9. The minimum absolute atomic E-state index is 0.0896. The molecule has 0 spiro atoms. The van der Waals surface area contributed by atoms with Crippen molar-refractivity contribution in [3.05, 3.63) is 64.0 Å². The first kappa shape index (κ1) is 17.0. The molecule has 8 nitrogen and oxygen atoms in total. The molecule has 4 rings (SSSR count). The van der Waals surface area contributed by atoms with Crippen LogP contribution < -0.4 is 4.90 Å². The van der Waals surface area contributed by atoms with E-state index in [2.05, 4.69) is 4.98 Å². The number of anilines is 1. The van der Waals surface area contributed by atoms with Crippen LogP contribution in [-0.4, -0.2) is 29.0 Å². The summed E-state index contributed by atoms with van der Waals surface area (Å²) in [5.74, 6) is -0.388. The van der Waals surface area contributed by atoms with Crippen LogP contribution in [0.1, 0.15) is 29.1 Å². The number of nitro benzene ring substituents is 1. The Bertz CT molecular complexity index is 975. The first-order chi connectivity index (χ1) is 13.1. The van der Waals surface area contributed by atoms with Crippen LogP contribution in [0.25, 0.3) is 11.1 Å². The topological polar surface area (TPSA) is 98.7 Å². The van der Waals surface area contributed by atoms with Crippen molar-refractivity contribution in [2.45, 2.75) is 19.4 Å². The number of carbonyl (C=O) groups is 1. The fourth-order valence-electron chi connectivity index (χ4n) is 3.21. The van der Waals surface area contributed by atoms with Crippen molar-refractivity contribution < 1.29 is 18.9 Å². The summed E-state index contributed by atoms with van der Waals surface area (Å²) in [5.41, 5.74) is 1.85. The highest BCUT2D eigenvalue weighted by molar-refractivity contribution is 5.91. The van der Waals surface area contributed by atoms with Crippen LogP contribution in [0.5, 0.6) is 0 Å². The molecule has 0 radical (unpaired) electrons. The molecular weight excluding hydrogens is 350 g/mol. The van der Waals surface area contributed by atoms with E-state index < -0.39 is 10.9 Å². The number of aromatic nitrogens is 1. The zero-order chi connectivity index (χ0) is 18.8. The van der Waals surface area contributed by atoms with Crippen LogP contribution in [-0.2, 0) is 11.3 Å². The fraction of sp³-hybridized carbons (Fsp3) is 0.263. The number of oxazole rings is 1. The van der Waals surface area contributed by atoms with Crippen LogP contribution in [0, 0.1) is 10.1 Å². The van der Waals surface area contributed by atoms with Gasteiger partial charge in [-0.2, -0.15) is 0 Å². The minimum Gasteiger partial charge on any atom is -0.452 e.